The van der Waals surface area contributed by atoms with E-state index in [9.17, 15) is 9.59 Å². The molecule has 0 bridgehead atoms. The molecule has 0 unspecified atom stereocenters. The Labute approximate surface area is 128 Å². The Morgan fingerprint density at radius 3 is 2.86 bits per heavy atom. The van der Waals surface area contributed by atoms with Crippen molar-refractivity contribution >= 4 is 11.6 Å². The van der Waals surface area contributed by atoms with Gasteiger partial charge < -0.3 is 10.4 Å². The van der Waals surface area contributed by atoms with E-state index in [1.54, 1.807) is 12.3 Å². The van der Waals surface area contributed by atoms with Gasteiger partial charge in [0.2, 0.25) is 0 Å². The van der Waals surface area contributed by atoms with E-state index >= 15 is 0 Å². The van der Waals surface area contributed by atoms with Crippen LogP contribution in [0.25, 0.3) is 5.65 Å². The number of fused-ring (bicyclic) bond motifs is 1. The molecule has 1 amide bonds. The number of rotatable bonds is 5. The van der Waals surface area contributed by atoms with Gasteiger partial charge in [0.1, 0.15) is 11.2 Å². The van der Waals surface area contributed by atoms with E-state index in [1.165, 1.54) is 10.6 Å². The van der Waals surface area contributed by atoms with Crippen LogP contribution in [0.5, 0.6) is 0 Å². The molecule has 0 atom stereocenters. The van der Waals surface area contributed by atoms with Gasteiger partial charge in [0.15, 0.2) is 0 Å². The van der Waals surface area contributed by atoms with E-state index in [2.05, 4.69) is 10.3 Å². The predicted molar refractivity (Wildman–Crippen MR) is 84.0 cm³/mol. The van der Waals surface area contributed by atoms with Crippen molar-refractivity contribution in [3.8, 4) is 0 Å². The molecule has 0 aromatic carbocycles. The second-order valence-corrected chi connectivity index (χ2v) is 6.18. The van der Waals surface area contributed by atoms with Crippen molar-refractivity contribution in [1.82, 2.24) is 14.7 Å². The van der Waals surface area contributed by atoms with Crippen LogP contribution in [0.2, 0.25) is 0 Å². The summed E-state index contributed by atoms with van der Waals surface area (Å²) in [6.07, 6.45) is 3.49. The van der Waals surface area contributed by atoms with E-state index in [0.29, 0.717) is 18.6 Å². The number of nitrogens with one attached hydrogen (secondary N) is 1. The molecule has 6 nitrogen and oxygen atoms in total. The van der Waals surface area contributed by atoms with Crippen molar-refractivity contribution in [2.45, 2.75) is 27.2 Å². The second-order valence-electron chi connectivity index (χ2n) is 6.18. The van der Waals surface area contributed by atoms with E-state index in [1.807, 2.05) is 26.8 Å². The fraction of sp³-hybridized carbons (Fsp3) is 0.438. The first-order valence-electron chi connectivity index (χ1n) is 7.22. The number of carbonyl (C=O) groups is 1. The summed E-state index contributed by atoms with van der Waals surface area (Å²) in [5.74, 6) is -0.445. The molecule has 0 saturated carbocycles. The average Bonchev–Trinajstić information content (AvgIpc) is 2.46. The maximum absolute atomic E-state index is 12.4. The minimum atomic E-state index is -0.445. The molecule has 118 valence electrons. The normalized spacial score (nSPS) is 11.6. The highest BCUT2D eigenvalue weighted by atomic mass is 16.3. The smallest absolute Gasteiger partial charge is 0.270 e. The number of aliphatic hydroxyl groups is 1. The van der Waals surface area contributed by atoms with Crippen LogP contribution >= 0.6 is 0 Å². The Morgan fingerprint density at radius 2 is 2.18 bits per heavy atom. The highest BCUT2D eigenvalue weighted by Gasteiger charge is 2.20. The number of amides is 1. The number of aryl methyl sites for hydroxylation is 1. The zero-order chi connectivity index (χ0) is 16.3. The van der Waals surface area contributed by atoms with Gasteiger partial charge >= 0.3 is 0 Å². The Bertz CT molecular complexity index is 750. The summed E-state index contributed by atoms with van der Waals surface area (Å²) >= 11 is 0. The first-order chi connectivity index (χ1) is 10.4. The van der Waals surface area contributed by atoms with Gasteiger partial charge in [0.05, 0.1) is 0 Å². The minimum Gasteiger partial charge on any atom is -0.396 e. The molecule has 2 rings (SSSR count). The molecule has 2 heterocycles. The highest BCUT2D eigenvalue weighted by molar-refractivity contribution is 5.93. The molecule has 2 aromatic rings. The molecule has 0 aliphatic heterocycles. The average molecular weight is 303 g/mol. The quantitative estimate of drug-likeness (QED) is 0.867. The lowest BCUT2D eigenvalue weighted by atomic mass is 9.90. The third kappa shape index (κ3) is 3.33. The van der Waals surface area contributed by atoms with Gasteiger partial charge in [-0.1, -0.05) is 19.9 Å². The summed E-state index contributed by atoms with van der Waals surface area (Å²) in [4.78, 5) is 28.8. The minimum absolute atomic E-state index is 0.0166. The van der Waals surface area contributed by atoms with Crippen LogP contribution in [-0.4, -0.2) is 33.6 Å². The maximum Gasteiger partial charge on any atom is 0.270 e. The molecular weight excluding hydrogens is 282 g/mol. The second kappa shape index (κ2) is 6.27. The van der Waals surface area contributed by atoms with Crippen molar-refractivity contribution in [3.63, 3.8) is 0 Å². The Morgan fingerprint density at radius 1 is 1.45 bits per heavy atom. The molecule has 0 radical (unpaired) electrons. The summed E-state index contributed by atoms with van der Waals surface area (Å²) in [6, 6.07) is 3.61. The van der Waals surface area contributed by atoms with Crippen LogP contribution in [0.1, 0.15) is 36.2 Å². The van der Waals surface area contributed by atoms with Crippen molar-refractivity contribution in [3.05, 3.63) is 46.0 Å². The first kappa shape index (κ1) is 16.2. The summed E-state index contributed by atoms with van der Waals surface area (Å²) < 4.78 is 1.38. The van der Waals surface area contributed by atoms with Gasteiger partial charge in [-0.05, 0) is 30.4 Å². The zero-order valence-corrected chi connectivity index (χ0v) is 13.1. The molecule has 0 aliphatic rings. The van der Waals surface area contributed by atoms with Crippen molar-refractivity contribution in [1.29, 1.82) is 0 Å². The van der Waals surface area contributed by atoms with Gasteiger partial charge in [-0.25, -0.2) is 4.98 Å². The summed E-state index contributed by atoms with van der Waals surface area (Å²) in [7, 11) is 0. The Balaban J connectivity index is 2.26. The fourth-order valence-electron chi connectivity index (χ4n) is 2.21. The van der Waals surface area contributed by atoms with Crippen LogP contribution in [0.3, 0.4) is 0 Å². The first-order valence-corrected chi connectivity index (χ1v) is 7.22. The van der Waals surface area contributed by atoms with E-state index in [-0.39, 0.29) is 23.1 Å². The molecule has 2 aromatic heterocycles. The molecule has 0 spiro atoms. The number of hydrogen-bond donors (Lipinski definition) is 2. The van der Waals surface area contributed by atoms with Crippen LogP contribution in [0.4, 0.5) is 0 Å². The van der Waals surface area contributed by atoms with Crippen LogP contribution in [0, 0.1) is 12.3 Å². The van der Waals surface area contributed by atoms with Gasteiger partial charge in [-0.2, -0.15) is 0 Å². The standard InChI is InChI=1S/C16H21N3O3/c1-11-5-4-7-19-13(11)17-9-12(15(19)22)14(21)18-10-16(2,3)6-8-20/h4-5,7,9,20H,6,8,10H2,1-3H3,(H,18,21). The molecule has 22 heavy (non-hydrogen) atoms. The number of aromatic nitrogens is 2. The van der Waals surface area contributed by atoms with E-state index in [0.717, 1.165) is 5.56 Å². The summed E-state index contributed by atoms with van der Waals surface area (Å²) in [5.41, 5.74) is 0.816. The lowest BCUT2D eigenvalue weighted by Crippen LogP contribution is -2.37. The van der Waals surface area contributed by atoms with Crippen molar-refractivity contribution in [2.75, 3.05) is 13.2 Å². The number of aliphatic hydroxyl groups excluding tert-OH is 1. The third-order valence-electron chi connectivity index (χ3n) is 3.69. The molecule has 0 aliphatic carbocycles. The zero-order valence-electron chi connectivity index (χ0n) is 13.1. The van der Waals surface area contributed by atoms with E-state index < -0.39 is 5.91 Å². The largest absolute Gasteiger partial charge is 0.396 e. The predicted octanol–water partition coefficient (Wildman–Crippen LogP) is 1.14. The molecule has 0 fully saturated rings. The molecule has 0 saturated heterocycles. The number of pyridine rings is 1. The SMILES string of the molecule is Cc1cccn2c(=O)c(C(=O)NCC(C)(C)CCO)cnc12. The van der Waals surface area contributed by atoms with Crippen LogP contribution < -0.4 is 10.9 Å². The monoisotopic (exact) mass is 303 g/mol. The number of hydrogen-bond acceptors (Lipinski definition) is 4. The van der Waals surface area contributed by atoms with Crippen molar-refractivity contribution in [2.24, 2.45) is 5.41 Å². The van der Waals surface area contributed by atoms with Crippen molar-refractivity contribution < 1.29 is 9.90 Å². The van der Waals surface area contributed by atoms with E-state index in [4.69, 9.17) is 5.11 Å². The van der Waals surface area contributed by atoms with Gasteiger partial charge in [-0.3, -0.25) is 14.0 Å². The Kier molecular flexibility index (Phi) is 4.61. The molecule has 2 N–H and O–H groups in total. The molecular formula is C16H21N3O3. The van der Waals surface area contributed by atoms with Gasteiger partial charge in [-0.15, -0.1) is 0 Å². The number of nitrogens with zero attached hydrogens (tertiary/aromatic N) is 2. The molecule has 6 heteroatoms. The van der Waals surface area contributed by atoms with Gasteiger partial charge in [0.25, 0.3) is 11.5 Å². The lowest BCUT2D eigenvalue weighted by Gasteiger charge is -2.23. The maximum atomic E-state index is 12.4. The fourth-order valence-corrected chi connectivity index (χ4v) is 2.21. The van der Waals surface area contributed by atoms with Gasteiger partial charge in [0, 0.05) is 25.5 Å². The highest BCUT2D eigenvalue weighted by Crippen LogP contribution is 2.18. The summed E-state index contributed by atoms with van der Waals surface area (Å²) in [5, 5.41) is 11.7. The number of carbonyl (C=O) groups excluding carboxylic acids is 1. The summed E-state index contributed by atoms with van der Waals surface area (Å²) in [6.45, 7) is 6.18. The topological polar surface area (TPSA) is 83.7 Å². The third-order valence-corrected chi connectivity index (χ3v) is 3.69. The Hall–Kier alpha value is -2.21. The lowest BCUT2D eigenvalue weighted by molar-refractivity contribution is 0.0926. The van der Waals surface area contributed by atoms with Crippen LogP contribution in [0.15, 0.2) is 29.3 Å². The van der Waals surface area contributed by atoms with Crippen LogP contribution in [-0.2, 0) is 0 Å².